The summed E-state index contributed by atoms with van der Waals surface area (Å²) in [6, 6.07) is 28.7. The van der Waals surface area contributed by atoms with Crippen molar-refractivity contribution in [1.82, 2.24) is 4.90 Å². The van der Waals surface area contributed by atoms with E-state index in [9.17, 15) is 14.9 Å². The van der Waals surface area contributed by atoms with E-state index in [0.29, 0.717) is 39.7 Å². The van der Waals surface area contributed by atoms with E-state index in [1.807, 2.05) is 30.3 Å². The maximum atomic E-state index is 13.0. The van der Waals surface area contributed by atoms with Crippen LogP contribution in [0.25, 0.3) is 16.8 Å². The zero-order valence-electron chi connectivity index (χ0n) is 20.0. The summed E-state index contributed by atoms with van der Waals surface area (Å²) in [6.45, 7) is 0.427. The summed E-state index contributed by atoms with van der Waals surface area (Å²) >= 11 is 0.879. The molecule has 0 bridgehead atoms. The molecule has 0 aromatic heterocycles. The molecule has 0 radical (unpaired) electrons. The molecule has 1 saturated heterocycles. The molecule has 182 valence electrons. The second-order valence-electron chi connectivity index (χ2n) is 8.37. The molecule has 1 fully saturated rings. The highest BCUT2D eigenvalue weighted by Gasteiger charge is 2.35. The van der Waals surface area contributed by atoms with E-state index in [2.05, 4.69) is 24.3 Å². The van der Waals surface area contributed by atoms with Crippen LogP contribution >= 0.6 is 11.8 Å². The minimum absolute atomic E-state index is 0.0516. The molecule has 2 amide bonds. The van der Waals surface area contributed by atoms with Crippen molar-refractivity contribution in [2.24, 2.45) is 0 Å². The van der Waals surface area contributed by atoms with Crippen molar-refractivity contribution >= 4 is 39.8 Å². The number of thioether (sulfide) groups is 1. The number of imide groups is 1. The Morgan fingerprint density at radius 3 is 2.51 bits per heavy atom. The summed E-state index contributed by atoms with van der Waals surface area (Å²) in [5.74, 6) is 0.711. The largest absolute Gasteiger partial charge is 0.493 e. The number of nitriles is 1. The molecule has 37 heavy (non-hydrogen) atoms. The van der Waals surface area contributed by atoms with Crippen LogP contribution < -0.4 is 9.47 Å². The van der Waals surface area contributed by atoms with Crippen LogP contribution in [0.2, 0.25) is 0 Å². The normalized spacial score (nSPS) is 14.3. The topological polar surface area (TPSA) is 79.6 Å². The number of amides is 2. The average Bonchev–Trinajstić information content (AvgIpc) is 3.19. The summed E-state index contributed by atoms with van der Waals surface area (Å²) in [7, 11) is 1.56. The zero-order chi connectivity index (χ0) is 25.8. The molecule has 0 spiro atoms. The number of carbonyl (C=O) groups is 2. The van der Waals surface area contributed by atoms with Gasteiger partial charge < -0.3 is 9.47 Å². The van der Waals surface area contributed by atoms with Crippen LogP contribution in [0.1, 0.15) is 22.3 Å². The molecular formula is C30H22N2O4S. The lowest BCUT2D eigenvalue weighted by Gasteiger charge is -2.13. The van der Waals surface area contributed by atoms with Gasteiger partial charge in [0.2, 0.25) is 0 Å². The fourth-order valence-corrected chi connectivity index (χ4v) is 5.03. The molecule has 4 aromatic carbocycles. The van der Waals surface area contributed by atoms with Crippen LogP contribution in [0.5, 0.6) is 11.5 Å². The highest BCUT2D eigenvalue weighted by atomic mass is 32.2. The molecule has 6 nitrogen and oxygen atoms in total. The van der Waals surface area contributed by atoms with Gasteiger partial charge in [0, 0.05) is 0 Å². The summed E-state index contributed by atoms with van der Waals surface area (Å²) < 4.78 is 11.6. The summed E-state index contributed by atoms with van der Waals surface area (Å²) in [5.41, 5.74) is 2.84. The molecular weight excluding hydrogens is 484 g/mol. The van der Waals surface area contributed by atoms with E-state index < -0.39 is 5.91 Å². The molecule has 1 aliphatic rings. The lowest BCUT2D eigenvalue weighted by atomic mass is 10.1. The number of fused-ring (bicyclic) bond motifs is 1. The van der Waals surface area contributed by atoms with Crippen molar-refractivity contribution < 1.29 is 19.1 Å². The maximum Gasteiger partial charge on any atom is 0.293 e. The Bertz CT molecular complexity index is 1580. The monoisotopic (exact) mass is 506 g/mol. The first-order valence-corrected chi connectivity index (χ1v) is 12.4. The van der Waals surface area contributed by atoms with Crippen molar-refractivity contribution in [3.63, 3.8) is 0 Å². The van der Waals surface area contributed by atoms with Gasteiger partial charge in [0.05, 0.1) is 30.2 Å². The predicted octanol–water partition coefficient (Wildman–Crippen LogP) is 6.54. The summed E-state index contributed by atoms with van der Waals surface area (Å²) in [5, 5.41) is 11.2. The highest BCUT2D eigenvalue weighted by molar-refractivity contribution is 8.18. The van der Waals surface area contributed by atoms with Crippen molar-refractivity contribution in [3.05, 3.63) is 112 Å². The number of rotatable bonds is 7. The standard InChI is InChI=1S/C30H22N2O4S/c1-35-27-15-20(13-14-26(27)36-19-24-11-6-10-21-7-4-5-12-25(21)24)16-28-29(33)32(30(34)37-28)18-23-9-3-2-8-22(23)17-31/h2-16H,18-19H2,1H3/b28-16+. The summed E-state index contributed by atoms with van der Waals surface area (Å²) in [6.07, 6.45) is 1.66. The number of carbonyl (C=O) groups excluding carboxylic acids is 2. The maximum absolute atomic E-state index is 13.0. The van der Waals surface area contributed by atoms with Crippen LogP contribution in [-0.2, 0) is 17.9 Å². The number of hydrogen-bond acceptors (Lipinski definition) is 6. The van der Waals surface area contributed by atoms with Crippen molar-refractivity contribution in [2.45, 2.75) is 13.2 Å². The first-order chi connectivity index (χ1) is 18.1. The van der Waals surface area contributed by atoms with Gasteiger partial charge in [-0.1, -0.05) is 66.7 Å². The second-order valence-corrected chi connectivity index (χ2v) is 9.37. The Balaban J connectivity index is 1.33. The van der Waals surface area contributed by atoms with E-state index in [-0.39, 0.29) is 11.8 Å². The molecule has 0 N–H and O–H groups in total. The van der Waals surface area contributed by atoms with E-state index >= 15 is 0 Å². The SMILES string of the molecule is COc1cc(/C=C2/SC(=O)N(Cc3ccccc3C#N)C2=O)ccc1OCc1cccc2ccccc12. The molecule has 0 saturated carbocycles. The van der Waals surface area contributed by atoms with Gasteiger partial charge in [-0.25, -0.2) is 0 Å². The molecule has 4 aromatic rings. The van der Waals surface area contributed by atoms with Crippen LogP contribution in [0.3, 0.4) is 0 Å². The number of benzene rings is 4. The molecule has 0 aliphatic carbocycles. The van der Waals surface area contributed by atoms with E-state index in [4.69, 9.17) is 9.47 Å². The molecule has 5 rings (SSSR count). The lowest BCUT2D eigenvalue weighted by Crippen LogP contribution is -2.27. The fraction of sp³-hybridized carbons (Fsp3) is 0.100. The first-order valence-electron chi connectivity index (χ1n) is 11.6. The van der Waals surface area contributed by atoms with E-state index in [0.717, 1.165) is 33.0 Å². The lowest BCUT2D eigenvalue weighted by molar-refractivity contribution is -0.123. The number of methoxy groups -OCH3 is 1. The van der Waals surface area contributed by atoms with Gasteiger partial charge in [0.25, 0.3) is 11.1 Å². The Hall–Kier alpha value is -4.54. The predicted molar refractivity (Wildman–Crippen MR) is 144 cm³/mol. The fourth-order valence-electron chi connectivity index (χ4n) is 4.19. The third kappa shape index (κ3) is 5.06. The van der Waals surface area contributed by atoms with Crippen molar-refractivity contribution in [2.75, 3.05) is 7.11 Å². The quantitative estimate of drug-likeness (QED) is 0.265. The van der Waals surface area contributed by atoms with Crippen LogP contribution in [0.4, 0.5) is 4.79 Å². The molecule has 0 atom stereocenters. The van der Waals surface area contributed by atoms with Gasteiger partial charge in [0.15, 0.2) is 11.5 Å². The molecule has 0 unspecified atom stereocenters. The van der Waals surface area contributed by atoms with Crippen molar-refractivity contribution in [3.8, 4) is 17.6 Å². The first kappa shape index (κ1) is 24.2. The molecule has 1 aliphatic heterocycles. The van der Waals surface area contributed by atoms with Gasteiger partial charge in [-0.2, -0.15) is 5.26 Å². The van der Waals surface area contributed by atoms with Gasteiger partial charge >= 0.3 is 0 Å². The number of ether oxygens (including phenoxy) is 2. The summed E-state index contributed by atoms with van der Waals surface area (Å²) in [4.78, 5) is 27.0. The third-order valence-corrected chi connectivity index (χ3v) is 7.00. The smallest absolute Gasteiger partial charge is 0.293 e. The van der Waals surface area contributed by atoms with Gasteiger partial charge in [-0.15, -0.1) is 0 Å². The van der Waals surface area contributed by atoms with Gasteiger partial charge in [-0.3, -0.25) is 14.5 Å². The second kappa shape index (κ2) is 10.6. The van der Waals surface area contributed by atoms with Crippen LogP contribution in [0.15, 0.2) is 89.8 Å². The minimum atomic E-state index is -0.391. The van der Waals surface area contributed by atoms with Gasteiger partial charge in [-0.05, 0) is 63.5 Å². The zero-order valence-corrected chi connectivity index (χ0v) is 20.8. The Morgan fingerprint density at radius 2 is 1.68 bits per heavy atom. The minimum Gasteiger partial charge on any atom is -0.493 e. The molecule has 1 heterocycles. The Morgan fingerprint density at radius 1 is 0.919 bits per heavy atom. The van der Waals surface area contributed by atoms with Crippen molar-refractivity contribution in [1.29, 1.82) is 5.26 Å². The van der Waals surface area contributed by atoms with E-state index in [1.54, 1.807) is 49.6 Å². The third-order valence-electron chi connectivity index (χ3n) is 6.09. The van der Waals surface area contributed by atoms with Crippen LogP contribution in [-0.4, -0.2) is 23.2 Å². The Labute approximate surface area is 218 Å². The number of hydrogen-bond donors (Lipinski definition) is 0. The van der Waals surface area contributed by atoms with Crippen LogP contribution in [0, 0.1) is 11.3 Å². The Kier molecular flexibility index (Phi) is 6.93. The highest BCUT2D eigenvalue weighted by Crippen LogP contribution is 2.36. The van der Waals surface area contributed by atoms with Gasteiger partial charge in [0.1, 0.15) is 6.61 Å². The van der Waals surface area contributed by atoms with E-state index in [1.165, 1.54) is 0 Å². The average molecular weight is 507 g/mol. The number of nitrogens with zero attached hydrogens (tertiary/aromatic N) is 2. The molecule has 7 heteroatoms.